The number of ether oxygens (including phenoxy) is 1. The molecule has 0 amide bonds. The Balaban J connectivity index is 2.16. The average molecular weight is 293 g/mol. The van der Waals surface area contributed by atoms with Gasteiger partial charge in [-0.25, -0.2) is 4.98 Å². The molecular weight excluding hydrogens is 262 g/mol. The van der Waals surface area contributed by atoms with Crippen LogP contribution in [0.25, 0.3) is 0 Å². The number of hydrogen-bond acceptors (Lipinski definition) is 3. The Bertz CT molecular complexity index is 421. The van der Waals surface area contributed by atoms with E-state index in [-0.39, 0.29) is 5.60 Å². The average Bonchev–Trinajstić information content (AvgIpc) is 2.95. The van der Waals surface area contributed by atoms with Crippen molar-refractivity contribution >= 4 is 0 Å². The van der Waals surface area contributed by atoms with E-state index < -0.39 is 0 Å². The van der Waals surface area contributed by atoms with Crippen LogP contribution in [0.2, 0.25) is 0 Å². The predicted octanol–water partition coefficient (Wildman–Crippen LogP) is 3.02. The summed E-state index contributed by atoms with van der Waals surface area (Å²) in [6.45, 7) is 8.64. The minimum atomic E-state index is -0.0347. The lowest BCUT2D eigenvalue weighted by molar-refractivity contribution is -0.0747. The number of imidazole rings is 1. The Kier molecular flexibility index (Phi) is 5.82. The Morgan fingerprint density at radius 2 is 2.14 bits per heavy atom. The molecule has 1 aliphatic carbocycles. The summed E-state index contributed by atoms with van der Waals surface area (Å²) in [7, 11) is 1.88. The van der Waals surface area contributed by atoms with Crippen LogP contribution in [0, 0.1) is 5.92 Å². The highest BCUT2D eigenvalue weighted by atomic mass is 16.5. The Morgan fingerprint density at radius 1 is 1.43 bits per heavy atom. The van der Waals surface area contributed by atoms with Gasteiger partial charge < -0.3 is 14.6 Å². The van der Waals surface area contributed by atoms with Crippen molar-refractivity contribution in [3.05, 3.63) is 18.2 Å². The lowest BCUT2D eigenvalue weighted by Crippen LogP contribution is -2.55. The van der Waals surface area contributed by atoms with Crippen LogP contribution in [0.5, 0.6) is 0 Å². The first-order valence-electron chi connectivity index (χ1n) is 8.43. The molecule has 0 bridgehead atoms. The van der Waals surface area contributed by atoms with E-state index in [4.69, 9.17) is 4.74 Å². The highest BCUT2D eigenvalue weighted by molar-refractivity contribution is 5.03. The van der Waals surface area contributed by atoms with Crippen molar-refractivity contribution in [1.29, 1.82) is 0 Å². The molecule has 1 N–H and O–H groups in total. The molecule has 0 aliphatic heterocycles. The Morgan fingerprint density at radius 3 is 2.71 bits per heavy atom. The highest BCUT2D eigenvalue weighted by Gasteiger charge is 2.41. The molecule has 4 heteroatoms. The highest BCUT2D eigenvalue weighted by Crippen LogP contribution is 2.37. The second-order valence-electron chi connectivity index (χ2n) is 6.40. The number of methoxy groups -OCH3 is 1. The van der Waals surface area contributed by atoms with E-state index in [1.807, 2.05) is 13.3 Å². The molecule has 1 fully saturated rings. The number of rotatable bonds is 7. The van der Waals surface area contributed by atoms with Crippen molar-refractivity contribution in [2.24, 2.45) is 5.92 Å². The minimum Gasteiger partial charge on any atom is -0.377 e. The van der Waals surface area contributed by atoms with E-state index >= 15 is 0 Å². The molecule has 1 unspecified atom stereocenters. The molecule has 1 atom stereocenters. The first kappa shape index (κ1) is 16.5. The number of nitrogens with zero attached hydrogens (tertiary/aromatic N) is 2. The van der Waals surface area contributed by atoms with Gasteiger partial charge in [-0.1, -0.05) is 13.8 Å². The van der Waals surface area contributed by atoms with Crippen LogP contribution in [0.4, 0.5) is 0 Å². The van der Waals surface area contributed by atoms with Gasteiger partial charge in [0.1, 0.15) is 5.82 Å². The summed E-state index contributed by atoms with van der Waals surface area (Å²) in [6, 6.07) is 0.340. The number of likely N-dealkylation sites (N-methyl/N-ethyl adjacent to an activating group) is 1. The van der Waals surface area contributed by atoms with Crippen LogP contribution in [-0.4, -0.2) is 34.8 Å². The number of aryl methyl sites for hydroxylation is 1. The quantitative estimate of drug-likeness (QED) is 0.840. The fourth-order valence-electron chi connectivity index (χ4n) is 3.64. The molecule has 1 aliphatic rings. The van der Waals surface area contributed by atoms with E-state index in [0.717, 1.165) is 38.3 Å². The normalized spacial score (nSPS) is 27.7. The molecule has 120 valence electrons. The van der Waals surface area contributed by atoms with Crippen LogP contribution < -0.4 is 5.32 Å². The lowest BCUT2D eigenvalue weighted by atomic mass is 9.74. The number of nitrogens with one attached hydrogen (secondary N) is 1. The molecule has 1 aromatic heterocycles. The summed E-state index contributed by atoms with van der Waals surface area (Å²) in [5, 5.41) is 3.67. The molecule has 4 nitrogen and oxygen atoms in total. The van der Waals surface area contributed by atoms with Gasteiger partial charge in [0.25, 0.3) is 0 Å². The zero-order valence-electron chi connectivity index (χ0n) is 14.1. The molecule has 2 rings (SSSR count). The molecule has 1 heterocycles. The molecule has 1 saturated carbocycles. The minimum absolute atomic E-state index is 0.0347. The van der Waals surface area contributed by atoms with Gasteiger partial charge in [0.2, 0.25) is 0 Å². The van der Waals surface area contributed by atoms with Crippen molar-refractivity contribution in [2.75, 3.05) is 13.7 Å². The fourth-order valence-corrected chi connectivity index (χ4v) is 3.64. The Labute approximate surface area is 129 Å². The zero-order chi connectivity index (χ0) is 15.3. The number of aromatic nitrogens is 2. The van der Waals surface area contributed by atoms with E-state index in [1.165, 1.54) is 18.7 Å². The molecule has 0 aromatic carbocycles. The van der Waals surface area contributed by atoms with E-state index in [2.05, 4.69) is 41.8 Å². The van der Waals surface area contributed by atoms with Crippen LogP contribution in [0.15, 0.2) is 12.4 Å². The van der Waals surface area contributed by atoms with Gasteiger partial charge in [-0.3, -0.25) is 0 Å². The van der Waals surface area contributed by atoms with Gasteiger partial charge in [0, 0.05) is 38.5 Å². The zero-order valence-corrected chi connectivity index (χ0v) is 14.1. The van der Waals surface area contributed by atoms with Crippen molar-refractivity contribution in [3.63, 3.8) is 0 Å². The third-order valence-corrected chi connectivity index (χ3v) is 5.14. The summed E-state index contributed by atoms with van der Waals surface area (Å²) in [5.74, 6) is 1.99. The van der Waals surface area contributed by atoms with Crippen molar-refractivity contribution in [3.8, 4) is 0 Å². The standard InChI is InChI=1S/C17H31N3O/c1-5-18-15(13-16-19-11-12-20(16)6-2)17(21-4)9-7-14(3)8-10-17/h11-12,14-15,18H,5-10,13H2,1-4H3. The SMILES string of the molecule is CCNC(Cc1nccn1CC)C1(OC)CCC(C)CC1. The van der Waals surface area contributed by atoms with Gasteiger partial charge in [-0.05, 0) is 45.1 Å². The van der Waals surface area contributed by atoms with Crippen molar-refractivity contribution in [2.45, 2.75) is 71.1 Å². The summed E-state index contributed by atoms with van der Waals surface area (Å²) >= 11 is 0. The molecule has 0 spiro atoms. The second-order valence-corrected chi connectivity index (χ2v) is 6.40. The fraction of sp³-hybridized carbons (Fsp3) is 0.824. The van der Waals surface area contributed by atoms with E-state index in [9.17, 15) is 0 Å². The maximum Gasteiger partial charge on any atom is 0.110 e. The van der Waals surface area contributed by atoms with Crippen LogP contribution in [0.3, 0.4) is 0 Å². The van der Waals surface area contributed by atoms with Gasteiger partial charge in [-0.15, -0.1) is 0 Å². The molecule has 1 aromatic rings. The monoisotopic (exact) mass is 293 g/mol. The maximum atomic E-state index is 6.06. The Hall–Kier alpha value is -0.870. The largest absolute Gasteiger partial charge is 0.377 e. The molecule has 0 radical (unpaired) electrons. The number of hydrogen-bond donors (Lipinski definition) is 1. The van der Waals surface area contributed by atoms with Gasteiger partial charge in [0.05, 0.1) is 5.60 Å². The topological polar surface area (TPSA) is 39.1 Å². The first-order valence-corrected chi connectivity index (χ1v) is 8.43. The maximum absolute atomic E-state index is 6.06. The van der Waals surface area contributed by atoms with Gasteiger partial charge >= 0.3 is 0 Å². The van der Waals surface area contributed by atoms with Crippen molar-refractivity contribution in [1.82, 2.24) is 14.9 Å². The third-order valence-electron chi connectivity index (χ3n) is 5.14. The van der Waals surface area contributed by atoms with Crippen LogP contribution >= 0.6 is 0 Å². The van der Waals surface area contributed by atoms with Gasteiger partial charge in [0.15, 0.2) is 0 Å². The van der Waals surface area contributed by atoms with Gasteiger partial charge in [-0.2, -0.15) is 0 Å². The third kappa shape index (κ3) is 3.67. The summed E-state index contributed by atoms with van der Waals surface area (Å²) in [4.78, 5) is 4.55. The molecule has 0 saturated heterocycles. The van der Waals surface area contributed by atoms with Crippen LogP contribution in [-0.2, 0) is 17.7 Å². The van der Waals surface area contributed by atoms with Crippen molar-refractivity contribution < 1.29 is 4.74 Å². The smallest absolute Gasteiger partial charge is 0.110 e. The first-order chi connectivity index (χ1) is 10.1. The van der Waals surface area contributed by atoms with E-state index in [1.54, 1.807) is 0 Å². The summed E-state index contributed by atoms with van der Waals surface area (Å²) < 4.78 is 8.30. The van der Waals surface area contributed by atoms with Crippen LogP contribution in [0.1, 0.15) is 52.3 Å². The second kappa shape index (κ2) is 7.41. The summed E-state index contributed by atoms with van der Waals surface area (Å²) in [6.07, 6.45) is 9.74. The summed E-state index contributed by atoms with van der Waals surface area (Å²) in [5.41, 5.74) is -0.0347. The molecular formula is C17H31N3O. The molecule has 21 heavy (non-hydrogen) atoms. The predicted molar refractivity (Wildman–Crippen MR) is 86.4 cm³/mol. The van der Waals surface area contributed by atoms with E-state index in [0.29, 0.717) is 6.04 Å². The lowest BCUT2D eigenvalue weighted by Gasteiger charge is -2.44.